The van der Waals surface area contributed by atoms with Gasteiger partial charge in [0.2, 0.25) is 5.96 Å². The number of piperidine rings is 1. The summed E-state index contributed by atoms with van der Waals surface area (Å²) in [6, 6.07) is 4.01. The van der Waals surface area contributed by atoms with Crippen LogP contribution in [0.3, 0.4) is 0 Å². The second kappa shape index (κ2) is 6.34. The van der Waals surface area contributed by atoms with Gasteiger partial charge in [-0.15, -0.1) is 17.7 Å². The Kier molecular flexibility index (Phi) is 4.26. The molecule has 140 valence electrons. The quantitative estimate of drug-likeness (QED) is 0.781. The minimum absolute atomic E-state index is 0.178. The molecule has 1 aromatic rings. The minimum Gasteiger partial charge on any atom is -0.301 e. The minimum atomic E-state index is -2.61. The molecule has 4 rings (SSSR count). The van der Waals surface area contributed by atoms with Crippen LogP contribution in [0.2, 0.25) is 0 Å². The number of carbonyl (C=O) groups excluding carboxylic acids is 1. The lowest BCUT2D eigenvalue weighted by atomic mass is 10.1. The van der Waals surface area contributed by atoms with E-state index in [2.05, 4.69) is 23.2 Å². The smallest absolute Gasteiger partial charge is 0.262 e. The van der Waals surface area contributed by atoms with Crippen LogP contribution in [0.1, 0.15) is 23.2 Å². The number of guanidine groups is 1. The van der Waals surface area contributed by atoms with Gasteiger partial charge in [0, 0.05) is 39.0 Å². The summed E-state index contributed by atoms with van der Waals surface area (Å²) in [5.41, 5.74) is 3.09. The number of thiol groups is 1. The normalized spacial score (nSPS) is 24.8. The number of benzene rings is 1. The Labute approximate surface area is 154 Å². The van der Waals surface area contributed by atoms with E-state index in [4.69, 9.17) is 0 Å². The van der Waals surface area contributed by atoms with Crippen molar-refractivity contribution < 1.29 is 18.0 Å². The molecule has 26 heavy (non-hydrogen) atoms. The van der Waals surface area contributed by atoms with Crippen LogP contribution >= 0.6 is 12.6 Å². The Bertz CT molecular complexity index is 764. The third kappa shape index (κ3) is 3.01. The predicted octanol–water partition coefficient (Wildman–Crippen LogP) is 1.91. The van der Waals surface area contributed by atoms with Gasteiger partial charge in [-0.3, -0.25) is 20.0 Å². The summed E-state index contributed by atoms with van der Waals surface area (Å²) in [7, 11) is 0. The number of rotatable bonds is 3. The first-order valence-corrected chi connectivity index (χ1v) is 8.89. The number of hydrazone groups is 1. The third-order valence-electron chi connectivity index (χ3n) is 4.90. The van der Waals surface area contributed by atoms with Crippen LogP contribution in [0, 0.1) is 5.82 Å². The lowest BCUT2D eigenvalue weighted by Crippen LogP contribution is -2.54. The van der Waals surface area contributed by atoms with Crippen LogP contribution in [-0.2, 0) is 0 Å². The first kappa shape index (κ1) is 17.5. The number of amides is 1. The fourth-order valence-corrected chi connectivity index (χ4v) is 3.72. The van der Waals surface area contributed by atoms with Gasteiger partial charge in [-0.25, -0.2) is 13.2 Å². The van der Waals surface area contributed by atoms with E-state index in [9.17, 15) is 18.0 Å². The van der Waals surface area contributed by atoms with E-state index in [1.165, 1.54) is 23.1 Å². The summed E-state index contributed by atoms with van der Waals surface area (Å²) in [5, 5.41) is 4.17. The highest BCUT2D eigenvalue weighted by atomic mass is 32.1. The Balaban J connectivity index is 1.54. The fraction of sp³-hybridized carbons (Fsp3) is 0.500. The molecule has 0 bridgehead atoms. The molecule has 1 saturated heterocycles. The molecule has 0 aliphatic carbocycles. The standard InChI is InChI=1S/C16H18F3N5OS/c17-10-1-2-12-11(9-10)13(25)23(14-20-21-15(26)24(12)14)8-7-22-5-3-16(18,19)4-6-22/h1-2,9,15,21,26H,3-8H2. The predicted molar refractivity (Wildman–Crippen MR) is 93.9 cm³/mol. The molecule has 0 saturated carbocycles. The van der Waals surface area contributed by atoms with Gasteiger partial charge in [0.1, 0.15) is 5.82 Å². The van der Waals surface area contributed by atoms with E-state index < -0.39 is 17.2 Å². The SMILES string of the molecule is O=C1c2cc(F)ccc2N2C(=NNC2S)N1CCN1CCC(F)(F)CC1. The highest BCUT2D eigenvalue weighted by Crippen LogP contribution is 2.33. The number of halogens is 3. The number of nitrogens with zero attached hydrogens (tertiary/aromatic N) is 4. The number of hydrogen-bond acceptors (Lipinski definition) is 6. The van der Waals surface area contributed by atoms with E-state index in [-0.39, 0.29) is 43.9 Å². The number of nitrogens with one attached hydrogen (secondary N) is 1. The number of carbonyl (C=O) groups is 1. The molecule has 6 nitrogen and oxygen atoms in total. The first-order chi connectivity index (χ1) is 12.4. The van der Waals surface area contributed by atoms with Crippen LogP contribution in [-0.4, -0.2) is 59.3 Å². The molecule has 1 atom stereocenters. The van der Waals surface area contributed by atoms with E-state index in [1.54, 1.807) is 4.90 Å². The summed E-state index contributed by atoms with van der Waals surface area (Å²) in [4.78, 5) is 17.9. The maximum atomic E-state index is 13.7. The first-order valence-electron chi connectivity index (χ1n) is 8.38. The molecule has 1 amide bonds. The van der Waals surface area contributed by atoms with Crippen molar-refractivity contribution in [3.05, 3.63) is 29.6 Å². The average Bonchev–Trinajstić information content (AvgIpc) is 2.98. The maximum absolute atomic E-state index is 13.7. The number of anilines is 1. The lowest BCUT2D eigenvalue weighted by molar-refractivity contribution is -0.0553. The van der Waals surface area contributed by atoms with Crippen LogP contribution in [0.4, 0.5) is 18.9 Å². The monoisotopic (exact) mass is 385 g/mol. The summed E-state index contributed by atoms with van der Waals surface area (Å²) in [6.45, 7) is 1.28. The zero-order chi connectivity index (χ0) is 18.5. The second-order valence-electron chi connectivity index (χ2n) is 6.60. The van der Waals surface area contributed by atoms with Crippen molar-refractivity contribution in [2.45, 2.75) is 24.3 Å². The number of likely N-dealkylation sites (tertiary alicyclic amines) is 1. The summed E-state index contributed by atoms with van der Waals surface area (Å²) < 4.78 is 40.2. The zero-order valence-corrected chi connectivity index (χ0v) is 14.7. The average molecular weight is 385 g/mol. The van der Waals surface area contributed by atoms with E-state index >= 15 is 0 Å². The van der Waals surface area contributed by atoms with E-state index in [1.807, 2.05) is 4.90 Å². The maximum Gasteiger partial charge on any atom is 0.262 e. The number of fused-ring (bicyclic) bond motifs is 3. The largest absolute Gasteiger partial charge is 0.301 e. The van der Waals surface area contributed by atoms with E-state index in [0.29, 0.717) is 18.2 Å². The lowest BCUT2D eigenvalue weighted by Gasteiger charge is -2.38. The van der Waals surface area contributed by atoms with Crippen LogP contribution in [0.5, 0.6) is 0 Å². The number of hydrogen-bond donors (Lipinski definition) is 2. The zero-order valence-electron chi connectivity index (χ0n) is 13.8. The molecule has 3 aliphatic heterocycles. The Hall–Kier alpha value is -1.94. The highest BCUT2D eigenvalue weighted by Gasteiger charge is 2.41. The molecule has 1 fully saturated rings. The Morgan fingerprint density at radius 3 is 2.73 bits per heavy atom. The van der Waals surface area contributed by atoms with Crippen LogP contribution in [0.15, 0.2) is 23.3 Å². The highest BCUT2D eigenvalue weighted by molar-refractivity contribution is 7.81. The molecule has 3 aliphatic rings. The molecule has 1 aromatic carbocycles. The van der Waals surface area contributed by atoms with Crippen molar-refractivity contribution in [2.75, 3.05) is 31.1 Å². The summed E-state index contributed by atoms with van der Waals surface area (Å²) in [6.07, 6.45) is -0.356. The van der Waals surface area contributed by atoms with E-state index in [0.717, 1.165) is 0 Å². The van der Waals surface area contributed by atoms with Gasteiger partial charge < -0.3 is 4.90 Å². The van der Waals surface area contributed by atoms with Gasteiger partial charge in [-0.2, -0.15) is 0 Å². The molecule has 3 heterocycles. The van der Waals surface area contributed by atoms with Crippen molar-refractivity contribution in [2.24, 2.45) is 5.10 Å². The van der Waals surface area contributed by atoms with Gasteiger partial charge in [0.25, 0.3) is 11.8 Å². The Morgan fingerprint density at radius 1 is 1.27 bits per heavy atom. The van der Waals surface area contributed by atoms with Crippen LogP contribution < -0.4 is 10.3 Å². The molecule has 10 heteroatoms. The van der Waals surface area contributed by atoms with Gasteiger partial charge in [-0.1, -0.05) is 0 Å². The van der Waals surface area contributed by atoms with Crippen molar-refractivity contribution in [1.82, 2.24) is 15.2 Å². The molecule has 0 aromatic heterocycles. The van der Waals surface area contributed by atoms with Gasteiger partial charge in [-0.05, 0) is 18.2 Å². The summed E-state index contributed by atoms with van der Waals surface area (Å²) in [5.74, 6) is -3.08. The second-order valence-corrected chi connectivity index (χ2v) is 7.09. The Morgan fingerprint density at radius 2 is 2.00 bits per heavy atom. The van der Waals surface area contributed by atoms with Crippen molar-refractivity contribution in [1.29, 1.82) is 0 Å². The van der Waals surface area contributed by atoms with Gasteiger partial charge >= 0.3 is 0 Å². The number of alkyl halides is 2. The van der Waals surface area contributed by atoms with Crippen molar-refractivity contribution >= 4 is 30.2 Å². The van der Waals surface area contributed by atoms with Crippen molar-refractivity contribution in [3.8, 4) is 0 Å². The molecule has 0 spiro atoms. The molecular formula is C16H18F3N5OS. The fourth-order valence-electron chi connectivity index (χ4n) is 3.44. The van der Waals surface area contributed by atoms with Gasteiger partial charge in [0.15, 0.2) is 5.50 Å². The molecule has 1 N–H and O–H groups in total. The third-order valence-corrected chi connectivity index (χ3v) is 5.25. The van der Waals surface area contributed by atoms with Crippen LogP contribution in [0.25, 0.3) is 0 Å². The van der Waals surface area contributed by atoms with Gasteiger partial charge in [0.05, 0.1) is 11.3 Å². The molecule has 0 radical (unpaired) electrons. The van der Waals surface area contributed by atoms with Crippen molar-refractivity contribution in [3.63, 3.8) is 0 Å². The summed E-state index contributed by atoms with van der Waals surface area (Å²) >= 11 is 4.40. The topological polar surface area (TPSA) is 51.2 Å². The molecular weight excluding hydrogens is 367 g/mol. The molecule has 1 unspecified atom stereocenters.